The monoisotopic (exact) mass is 600 g/mol. The molecule has 6 N–H and O–H groups in total. The Kier molecular flexibility index (Phi) is 14.5. The number of rotatable bonds is 21. The van der Waals surface area contributed by atoms with Gasteiger partial charge in [0.1, 0.15) is 0 Å². The first kappa shape index (κ1) is 35.1. The Morgan fingerprint density at radius 1 is 0.953 bits per heavy atom. The summed E-state index contributed by atoms with van der Waals surface area (Å²) in [7, 11) is 0. The fraction of sp³-hybridized carbons (Fsp3) is 0.686. The summed E-state index contributed by atoms with van der Waals surface area (Å²) in [5.41, 5.74) is 0.781. The number of benzene rings is 1. The molecular weight excluding hydrogens is 546 g/mol. The molecule has 8 heteroatoms. The van der Waals surface area contributed by atoms with Gasteiger partial charge in [0.15, 0.2) is 0 Å². The summed E-state index contributed by atoms with van der Waals surface area (Å²) in [4.78, 5) is 15.2. The van der Waals surface area contributed by atoms with Crippen molar-refractivity contribution in [3.05, 3.63) is 42.1 Å². The molecule has 6 atom stereocenters. The van der Waals surface area contributed by atoms with E-state index in [0.29, 0.717) is 37.1 Å². The van der Waals surface area contributed by atoms with Crippen molar-refractivity contribution < 1.29 is 35.4 Å². The van der Waals surface area contributed by atoms with Crippen LogP contribution in [0.2, 0.25) is 0 Å². The third-order valence-corrected chi connectivity index (χ3v) is 9.47. The molecule has 1 heterocycles. The number of aromatic amines is 1. The zero-order valence-electron chi connectivity index (χ0n) is 25.9. The fourth-order valence-corrected chi connectivity index (χ4v) is 6.78. The Morgan fingerprint density at radius 2 is 1.63 bits per heavy atom. The van der Waals surface area contributed by atoms with Crippen molar-refractivity contribution in [1.29, 1.82) is 0 Å². The standard InChI is InChI=1S/C35H55NO7/c1-2-3-4-5-8-14-26(37)15-9-6-7-10-17-28(34(41)42)32(39)21-23-35(43)22-12-18-29(35)33(40)31-20-19-30(36-31)25-13-11-16-27(38)24-25/h11,13,16,19-20,24,26,28-29,32-33,36-40,43H,2-10,12,14-15,17-18,21-23H2,1H3,(H,41,42)/p-1. The highest BCUT2D eigenvalue weighted by atomic mass is 16.4. The Balaban J connectivity index is 1.42. The summed E-state index contributed by atoms with van der Waals surface area (Å²) in [6.07, 6.45) is 11.2. The van der Waals surface area contributed by atoms with E-state index in [9.17, 15) is 35.4 Å². The molecule has 0 spiro atoms. The van der Waals surface area contributed by atoms with Crippen LogP contribution in [0.1, 0.15) is 128 Å². The molecular formula is C35H54NO7-. The third-order valence-electron chi connectivity index (χ3n) is 9.47. The minimum Gasteiger partial charge on any atom is -0.872 e. The highest BCUT2D eigenvalue weighted by molar-refractivity contribution is 5.70. The van der Waals surface area contributed by atoms with E-state index in [2.05, 4.69) is 11.9 Å². The lowest BCUT2D eigenvalue weighted by atomic mass is 9.80. The van der Waals surface area contributed by atoms with Gasteiger partial charge in [-0.15, -0.1) is 5.75 Å². The number of hydrogen-bond donors (Lipinski definition) is 6. The molecule has 2 aromatic rings. The van der Waals surface area contributed by atoms with Gasteiger partial charge >= 0.3 is 5.97 Å². The van der Waals surface area contributed by atoms with Crippen molar-refractivity contribution in [2.75, 3.05) is 0 Å². The van der Waals surface area contributed by atoms with Crippen molar-refractivity contribution in [1.82, 2.24) is 4.98 Å². The van der Waals surface area contributed by atoms with Crippen LogP contribution >= 0.6 is 0 Å². The predicted molar refractivity (Wildman–Crippen MR) is 166 cm³/mol. The molecule has 1 fully saturated rings. The number of carboxylic acid groups (broad SMARTS) is 1. The topological polar surface area (TPSA) is 157 Å². The van der Waals surface area contributed by atoms with Crippen LogP contribution in [0, 0.1) is 11.8 Å². The van der Waals surface area contributed by atoms with Crippen LogP contribution in [0.3, 0.4) is 0 Å². The Hall–Kier alpha value is -2.39. The maximum atomic E-state index is 12.0. The number of unbranched alkanes of at least 4 members (excludes halogenated alkanes) is 7. The van der Waals surface area contributed by atoms with Crippen molar-refractivity contribution in [2.45, 2.75) is 140 Å². The van der Waals surface area contributed by atoms with E-state index in [4.69, 9.17) is 0 Å². The fourth-order valence-electron chi connectivity index (χ4n) is 6.78. The second kappa shape index (κ2) is 17.8. The number of aliphatic hydroxyl groups excluding tert-OH is 3. The molecule has 6 unspecified atom stereocenters. The first-order valence-electron chi connectivity index (χ1n) is 16.6. The van der Waals surface area contributed by atoms with E-state index in [1.165, 1.54) is 37.8 Å². The molecule has 0 amide bonds. The Labute approximate surface area is 257 Å². The van der Waals surface area contributed by atoms with Gasteiger partial charge in [-0.3, -0.25) is 4.79 Å². The van der Waals surface area contributed by atoms with Gasteiger partial charge in [-0.25, -0.2) is 0 Å². The van der Waals surface area contributed by atoms with Gasteiger partial charge < -0.3 is 35.6 Å². The number of hydrogen-bond acceptors (Lipinski definition) is 6. The normalized spacial score (nSPS) is 21.5. The number of aliphatic carboxylic acids is 1. The molecule has 1 aromatic carbocycles. The van der Waals surface area contributed by atoms with E-state index in [0.717, 1.165) is 50.5 Å². The van der Waals surface area contributed by atoms with Crippen LogP contribution in [-0.4, -0.2) is 54.3 Å². The van der Waals surface area contributed by atoms with E-state index in [1.807, 2.05) is 6.07 Å². The maximum absolute atomic E-state index is 12.0. The molecule has 0 bridgehead atoms. The zero-order valence-corrected chi connectivity index (χ0v) is 25.9. The van der Waals surface area contributed by atoms with E-state index >= 15 is 0 Å². The third kappa shape index (κ3) is 10.9. The molecule has 1 aliphatic rings. The summed E-state index contributed by atoms with van der Waals surface area (Å²) in [6, 6.07) is 10.1. The Morgan fingerprint density at radius 3 is 2.28 bits per heavy atom. The SMILES string of the molecule is CCCCCCCC(O)CCCCCCC(C(=O)O)C(O)CCC1(O)CCCC1C(O)c1ccc(-c2cccc([O-])c2)[nH]1. The van der Waals surface area contributed by atoms with Crippen molar-refractivity contribution >= 4 is 5.97 Å². The van der Waals surface area contributed by atoms with Crippen LogP contribution < -0.4 is 5.11 Å². The van der Waals surface area contributed by atoms with Crippen molar-refractivity contribution in [3.8, 4) is 17.0 Å². The predicted octanol–water partition coefficient (Wildman–Crippen LogP) is 6.22. The zero-order chi connectivity index (χ0) is 31.2. The van der Waals surface area contributed by atoms with E-state index < -0.39 is 35.6 Å². The average molecular weight is 601 g/mol. The van der Waals surface area contributed by atoms with E-state index in [-0.39, 0.29) is 24.7 Å². The second-order valence-electron chi connectivity index (χ2n) is 12.8. The maximum Gasteiger partial charge on any atom is 0.309 e. The molecule has 0 aliphatic heterocycles. The molecule has 3 rings (SSSR count). The van der Waals surface area contributed by atoms with Crippen molar-refractivity contribution in [2.24, 2.45) is 11.8 Å². The molecule has 1 aliphatic carbocycles. The van der Waals surface area contributed by atoms with Crippen LogP contribution in [0.15, 0.2) is 36.4 Å². The number of nitrogens with one attached hydrogen (secondary N) is 1. The lowest BCUT2D eigenvalue weighted by molar-refractivity contribution is -0.268. The summed E-state index contributed by atoms with van der Waals surface area (Å²) < 4.78 is 0. The van der Waals surface area contributed by atoms with Gasteiger partial charge in [0, 0.05) is 17.3 Å². The molecule has 43 heavy (non-hydrogen) atoms. The number of carboxylic acids is 1. The summed E-state index contributed by atoms with van der Waals surface area (Å²) in [5, 5.41) is 65.3. The average Bonchev–Trinajstić information content (AvgIpc) is 3.63. The van der Waals surface area contributed by atoms with Gasteiger partial charge in [0.2, 0.25) is 0 Å². The van der Waals surface area contributed by atoms with Crippen molar-refractivity contribution in [3.63, 3.8) is 0 Å². The number of aliphatic hydroxyl groups is 4. The molecule has 0 saturated heterocycles. The smallest absolute Gasteiger partial charge is 0.309 e. The molecule has 0 radical (unpaired) electrons. The first-order chi connectivity index (χ1) is 20.6. The van der Waals surface area contributed by atoms with Gasteiger partial charge in [0.25, 0.3) is 0 Å². The number of aromatic nitrogens is 1. The van der Waals surface area contributed by atoms with Gasteiger partial charge in [-0.1, -0.05) is 95.4 Å². The Bertz CT molecular complexity index is 1090. The number of carbonyl (C=O) groups is 1. The lowest BCUT2D eigenvalue weighted by Crippen LogP contribution is -2.39. The van der Waals surface area contributed by atoms with Gasteiger partial charge in [0.05, 0.1) is 29.8 Å². The van der Waals surface area contributed by atoms with Crippen LogP contribution in [-0.2, 0) is 4.79 Å². The largest absolute Gasteiger partial charge is 0.872 e. The first-order valence-corrected chi connectivity index (χ1v) is 16.6. The summed E-state index contributed by atoms with van der Waals surface area (Å²) in [5.74, 6) is -2.48. The minimum atomic E-state index is -1.21. The van der Waals surface area contributed by atoms with Gasteiger partial charge in [-0.2, -0.15) is 0 Å². The van der Waals surface area contributed by atoms with Gasteiger partial charge in [-0.05, 0) is 62.6 Å². The summed E-state index contributed by atoms with van der Waals surface area (Å²) >= 11 is 0. The summed E-state index contributed by atoms with van der Waals surface area (Å²) in [6.45, 7) is 2.19. The molecule has 1 saturated carbocycles. The highest BCUT2D eigenvalue weighted by Gasteiger charge is 2.46. The number of H-pyrrole nitrogens is 1. The van der Waals surface area contributed by atoms with E-state index in [1.54, 1.807) is 18.2 Å². The second-order valence-corrected chi connectivity index (χ2v) is 12.8. The highest BCUT2D eigenvalue weighted by Crippen LogP contribution is 2.46. The molecule has 8 nitrogen and oxygen atoms in total. The molecule has 242 valence electrons. The lowest BCUT2D eigenvalue weighted by Gasteiger charge is -2.34. The van der Waals surface area contributed by atoms with Crippen LogP contribution in [0.5, 0.6) is 5.75 Å². The molecule has 1 aromatic heterocycles. The van der Waals surface area contributed by atoms with Crippen LogP contribution in [0.4, 0.5) is 0 Å². The van der Waals surface area contributed by atoms with Crippen LogP contribution in [0.25, 0.3) is 11.3 Å². The minimum absolute atomic E-state index is 0.101. The quantitative estimate of drug-likeness (QED) is 0.0928.